The van der Waals surface area contributed by atoms with Crippen molar-refractivity contribution in [3.05, 3.63) is 11.1 Å². The highest BCUT2D eigenvalue weighted by atomic mass is 14.6. The highest BCUT2D eigenvalue weighted by molar-refractivity contribution is 5.35. The molecule has 3 saturated carbocycles. The van der Waals surface area contributed by atoms with Gasteiger partial charge in [0, 0.05) is 0 Å². The predicted molar refractivity (Wildman–Crippen MR) is 134 cm³/mol. The molecule has 1 unspecified atom stereocenters. The molecule has 0 saturated heterocycles. The highest BCUT2D eigenvalue weighted by Crippen LogP contribution is 2.70. The van der Waals surface area contributed by atoms with Crippen LogP contribution >= 0.6 is 0 Å². The van der Waals surface area contributed by atoms with Crippen LogP contribution in [0.15, 0.2) is 11.1 Å². The molecule has 0 nitrogen and oxygen atoms in total. The Morgan fingerprint density at radius 3 is 2.29 bits per heavy atom. The minimum atomic E-state index is 0.568. The fourth-order valence-electron chi connectivity index (χ4n) is 10.7. The van der Waals surface area contributed by atoms with Crippen molar-refractivity contribution in [3.63, 3.8) is 0 Å². The zero-order valence-corrected chi connectivity index (χ0v) is 21.7. The van der Waals surface area contributed by atoms with E-state index in [9.17, 15) is 0 Å². The molecule has 0 aromatic carbocycles. The minimum absolute atomic E-state index is 0.568. The second-order valence-electron chi connectivity index (χ2n) is 14.0. The molecule has 1 spiro atoms. The molecular formula is C31H52. The lowest BCUT2D eigenvalue weighted by molar-refractivity contribution is -0.0220. The normalized spacial score (nSPS) is 42.6. The lowest BCUT2D eigenvalue weighted by Gasteiger charge is -2.59. The second kappa shape index (κ2) is 8.20. The van der Waals surface area contributed by atoms with Gasteiger partial charge in [0.15, 0.2) is 0 Å². The average molecular weight is 425 g/mol. The Kier molecular flexibility index (Phi) is 5.96. The quantitative estimate of drug-likeness (QED) is 0.385. The van der Waals surface area contributed by atoms with E-state index in [1.165, 1.54) is 83.5 Å². The largest absolute Gasteiger partial charge is 0.0668 e. The molecule has 5 aliphatic carbocycles. The van der Waals surface area contributed by atoms with Crippen molar-refractivity contribution in [2.75, 3.05) is 0 Å². The summed E-state index contributed by atoms with van der Waals surface area (Å²) in [4.78, 5) is 0. The van der Waals surface area contributed by atoms with Gasteiger partial charge in [0.2, 0.25) is 0 Å². The molecule has 0 aromatic heterocycles. The van der Waals surface area contributed by atoms with Crippen LogP contribution in [0.2, 0.25) is 0 Å². The van der Waals surface area contributed by atoms with Crippen LogP contribution in [0.5, 0.6) is 0 Å². The molecule has 0 bridgehead atoms. The number of hydrogen-bond acceptors (Lipinski definition) is 0. The molecule has 0 aliphatic heterocycles. The van der Waals surface area contributed by atoms with Crippen LogP contribution in [0, 0.1) is 45.8 Å². The Labute approximate surface area is 194 Å². The molecule has 5 aliphatic rings. The molecule has 3 fully saturated rings. The fraction of sp³-hybridized carbons (Fsp3) is 0.935. The standard InChI is InChI=1S/C31H52/c1-22(2)10-8-11-23(3)25-13-14-26-24-12-15-28-30(5,27(24)16-21-29(25,26)4)17-9-20-31(28)18-6-7-19-31/h22-23,25-26,28H,6-21H2,1-5H3/t23-,25-,26+,28?,29-,30-/m1/s1. The smallest absolute Gasteiger partial charge is 0.00799 e. The van der Waals surface area contributed by atoms with E-state index in [1.54, 1.807) is 19.3 Å². The molecule has 0 aromatic rings. The molecule has 0 N–H and O–H groups in total. The van der Waals surface area contributed by atoms with Gasteiger partial charge in [-0.15, -0.1) is 0 Å². The predicted octanol–water partition coefficient (Wildman–Crippen LogP) is 9.73. The maximum absolute atomic E-state index is 2.76. The van der Waals surface area contributed by atoms with Crippen LogP contribution in [0.3, 0.4) is 0 Å². The van der Waals surface area contributed by atoms with Gasteiger partial charge in [0.25, 0.3) is 0 Å². The van der Waals surface area contributed by atoms with Crippen LogP contribution in [-0.2, 0) is 0 Å². The van der Waals surface area contributed by atoms with Crippen molar-refractivity contribution in [2.24, 2.45) is 45.8 Å². The third-order valence-corrected chi connectivity index (χ3v) is 12.1. The lowest BCUT2D eigenvalue weighted by atomic mass is 9.45. The molecular weight excluding hydrogens is 372 g/mol. The van der Waals surface area contributed by atoms with Crippen LogP contribution in [-0.4, -0.2) is 0 Å². The number of allylic oxidation sites excluding steroid dienone is 2. The Balaban J connectivity index is 1.38. The Morgan fingerprint density at radius 1 is 0.806 bits per heavy atom. The van der Waals surface area contributed by atoms with Gasteiger partial charge < -0.3 is 0 Å². The van der Waals surface area contributed by atoms with Gasteiger partial charge in [-0.3, -0.25) is 0 Å². The highest BCUT2D eigenvalue weighted by Gasteiger charge is 2.59. The first-order valence-corrected chi connectivity index (χ1v) is 14.5. The molecule has 31 heavy (non-hydrogen) atoms. The monoisotopic (exact) mass is 424 g/mol. The van der Waals surface area contributed by atoms with Gasteiger partial charge in [-0.25, -0.2) is 0 Å². The maximum Gasteiger partial charge on any atom is -0.00799 e. The van der Waals surface area contributed by atoms with Gasteiger partial charge in [-0.1, -0.05) is 84.3 Å². The summed E-state index contributed by atoms with van der Waals surface area (Å²) >= 11 is 0. The minimum Gasteiger partial charge on any atom is -0.0668 e. The molecule has 176 valence electrons. The lowest BCUT2D eigenvalue weighted by Crippen LogP contribution is -2.49. The summed E-state index contributed by atoms with van der Waals surface area (Å²) in [6.45, 7) is 12.9. The van der Waals surface area contributed by atoms with Crippen molar-refractivity contribution in [1.82, 2.24) is 0 Å². The van der Waals surface area contributed by atoms with Crippen LogP contribution < -0.4 is 0 Å². The SMILES string of the molecule is CC(C)CCC[C@@H](C)[C@H]1CC[C@H]2C3=C(CC[C@]12C)[C@@]1(C)CCCC2(CCCC2)C1CC3. The summed E-state index contributed by atoms with van der Waals surface area (Å²) in [5, 5.41) is 0. The van der Waals surface area contributed by atoms with Crippen molar-refractivity contribution in [1.29, 1.82) is 0 Å². The first-order valence-electron chi connectivity index (χ1n) is 14.5. The summed E-state index contributed by atoms with van der Waals surface area (Å²) < 4.78 is 0. The first kappa shape index (κ1) is 22.5. The molecule has 0 radical (unpaired) electrons. The zero-order valence-electron chi connectivity index (χ0n) is 21.7. The maximum atomic E-state index is 2.76. The number of hydrogen-bond donors (Lipinski definition) is 0. The first-order chi connectivity index (χ1) is 14.8. The summed E-state index contributed by atoms with van der Waals surface area (Å²) in [5.74, 6) is 4.74. The summed E-state index contributed by atoms with van der Waals surface area (Å²) in [5.41, 5.74) is 5.98. The van der Waals surface area contributed by atoms with Gasteiger partial charge in [-0.05, 0) is 110 Å². The van der Waals surface area contributed by atoms with Crippen molar-refractivity contribution in [2.45, 2.75) is 137 Å². The van der Waals surface area contributed by atoms with Gasteiger partial charge in [-0.2, -0.15) is 0 Å². The molecule has 0 heteroatoms. The Hall–Kier alpha value is -0.260. The van der Waals surface area contributed by atoms with Crippen molar-refractivity contribution >= 4 is 0 Å². The van der Waals surface area contributed by atoms with Crippen LogP contribution in [0.25, 0.3) is 0 Å². The van der Waals surface area contributed by atoms with E-state index in [-0.39, 0.29) is 0 Å². The Morgan fingerprint density at radius 2 is 1.55 bits per heavy atom. The molecule has 6 atom stereocenters. The van der Waals surface area contributed by atoms with E-state index < -0.39 is 0 Å². The summed E-state index contributed by atoms with van der Waals surface area (Å²) in [6, 6.07) is 0. The number of fused-ring (bicyclic) bond motifs is 5. The van der Waals surface area contributed by atoms with Crippen LogP contribution in [0.4, 0.5) is 0 Å². The average Bonchev–Trinajstić information content (AvgIpc) is 3.32. The third kappa shape index (κ3) is 3.51. The third-order valence-electron chi connectivity index (χ3n) is 12.1. The van der Waals surface area contributed by atoms with Crippen molar-refractivity contribution in [3.8, 4) is 0 Å². The zero-order chi connectivity index (χ0) is 21.9. The fourth-order valence-corrected chi connectivity index (χ4v) is 10.7. The molecule has 0 heterocycles. The van der Waals surface area contributed by atoms with E-state index in [2.05, 4.69) is 34.6 Å². The van der Waals surface area contributed by atoms with Crippen molar-refractivity contribution < 1.29 is 0 Å². The van der Waals surface area contributed by atoms with E-state index in [0.717, 1.165) is 35.0 Å². The van der Waals surface area contributed by atoms with E-state index in [1.807, 2.05) is 11.1 Å². The summed E-state index contributed by atoms with van der Waals surface area (Å²) in [7, 11) is 0. The summed E-state index contributed by atoms with van der Waals surface area (Å²) in [6.07, 6.45) is 24.1. The number of rotatable bonds is 5. The van der Waals surface area contributed by atoms with E-state index in [4.69, 9.17) is 0 Å². The topological polar surface area (TPSA) is 0 Å². The van der Waals surface area contributed by atoms with Crippen LogP contribution in [0.1, 0.15) is 137 Å². The second-order valence-corrected chi connectivity index (χ2v) is 14.0. The van der Waals surface area contributed by atoms with Gasteiger partial charge in [0.05, 0.1) is 0 Å². The molecule has 5 rings (SSSR count). The van der Waals surface area contributed by atoms with Gasteiger partial charge >= 0.3 is 0 Å². The Bertz CT molecular complexity index is 691. The molecule has 0 amide bonds. The van der Waals surface area contributed by atoms with Gasteiger partial charge in [0.1, 0.15) is 0 Å². The van der Waals surface area contributed by atoms with E-state index >= 15 is 0 Å². The van der Waals surface area contributed by atoms with E-state index in [0.29, 0.717) is 10.8 Å².